The molecule has 1 heterocycles. The minimum atomic E-state index is -1.84. The van der Waals surface area contributed by atoms with E-state index >= 15 is 0 Å². The Labute approximate surface area is 320 Å². The van der Waals surface area contributed by atoms with Crippen LogP contribution < -0.4 is 32.3 Å². The van der Waals surface area contributed by atoms with Crippen molar-refractivity contribution in [1.29, 1.82) is 0 Å². The predicted molar refractivity (Wildman–Crippen MR) is 196 cm³/mol. The van der Waals surface area contributed by atoms with Crippen LogP contribution in [0, 0.1) is 0 Å². The van der Waals surface area contributed by atoms with Crippen LogP contribution in [0.15, 0.2) is 54.6 Å². The molecule has 1 aliphatic rings. The van der Waals surface area contributed by atoms with E-state index in [-0.39, 0.29) is 25.0 Å². The van der Waals surface area contributed by atoms with Gasteiger partial charge in [-0.25, -0.2) is 4.79 Å². The van der Waals surface area contributed by atoms with Gasteiger partial charge >= 0.3 is 5.97 Å². The number of carbonyl (C=O) groups is 6. The number of aliphatic hydroxyl groups is 4. The highest BCUT2D eigenvalue weighted by Gasteiger charge is 2.44. The highest BCUT2D eigenvalue weighted by atomic mass is 32.2. The van der Waals surface area contributed by atoms with Gasteiger partial charge in [0.2, 0.25) is 29.5 Å². The molecule has 1 aliphatic heterocycles. The number of nitrogens with two attached hydrogens (primary N) is 1. The summed E-state index contributed by atoms with van der Waals surface area (Å²) in [5.41, 5.74) is 7.27. The second-order valence-corrected chi connectivity index (χ2v) is 13.8. The Bertz CT molecular complexity index is 1600. The van der Waals surface area contributed by atoms with E-state index in [0.29, 0.717) is 16.9 Å². The maximum atomic E-state index is 13.4. The lowest BCUT2D eigenvalue weighted by molar-refractivity contribution is -0.236. The smallest absolute Gasteiger partial charge is 0.326 e. The second kappa shape index (κ2) is 21.9. The molecule has 0 bridgehead atoms. The zero-order valence-electron chi connectivity index (χ0n) is 29.9. The van der Waals surface area contributed by atoms with Crippen LogP contribution in [0.2, 0.25) is 0 Å². The third-order valence-electron chi connectivity index (χ3n) is 8.53. The van der Waals surface area contributed by atoms with E-state index in [4.69, 9.17) is 10.5 Å². The first kappa shape index (κ1) is 44.6. The number of hydrogen-bond acceptors (Lipinski definition) is 14. The van der Waals surface area contributed by atoms with Gasteiger partial charge in [-0.05, 0) is 48.1 Å². The minimum Gasteiger partial charge on any atom is -0.508 e. The van der Waals surface area contributed by atoms with Gasteiger partial charge in [-0.1, -0.05) is 42.5 Å². The molecule has 302 valence electrons. The first-order valence-corrected chi connectivity index (χ1v) is 18.6. The molecular formula is C35H48N6O13S. The normalized spacial score (nSPS) is 21.5. The van der Waals surface area contributed by atoms with Gasteiger partial charge in [0, 0.05) is 6.42 Å². The summed E-state index contributed by atoms with van der Waals surface area (Å²) in [5.74, 6) is -5.42. The summed E-state index contributed by atoms with van der Waals surface area (Å²) in [6.45, 7) is -1.53. The van der Waals surface area contributed by atoms with Crippen molar-refractivity contribution in [1.82, 2.24) is 26.6 Å². The number of aliphatic carboxylic acids is 1. The second-order valence-electron chi connectivity index (χ2n) is 12.8. The first-order valence-electron chi connectivity index (χ1n) is 17.2. The lowest BCUT2D eigenvalue weighted by Crippen LogP contribution is -2.63. The van der Waals surface area contributed by atoms with Crippen molar-refractivity contribution < 1.29 is 64.1 Å². The fourth-order valence-electron chi connectivity index (χ4n) is 5.45. The molecule has 0 unspecified atom stereocenters. The number of aliphatic hydroxyl groups excluding tert-OH is 4. The van der Waals surface area contributed by atoms with Gasteiger partial charge in [0.15, 0.2) is 6.23 Å². The zero-order valence-corrected chi connectivity index (χ0v) is 30.7. The fraction of sp³-hybridized carbons (Fsp3) is 0.486. The summed E-state index contributed by atoms with van der Waals surface area (Å²) in [5, 5.41) is 70.9. The van der Waals surface area contributed by atoms with E-state index < -0.39 is 110 Å². The van der Waals surface area contributed by atoms with Gasteiger partial charge in [0.25, 0.3) is 0 Å². The number of thioether (sulfide) groups is 1. The van der Waals surface area contributed by atoms with E-state index in [1.165, 1.54) is 36.0 Å². The maximum Gasteiger partial charge on any atom is 0.326 e. The molecule has 55 heavy (non-hydrogen) atoms. The molecule has 20 heteroatoms. The van der Waals surface area contributed by atoms with Gasteiger partial charge in [-0.3, -0.25) is 24.0 Å². The van der Waals surface area contributed by atoms with Crippen molar-refractivity contribution in [2.45, 2.75) is 80.5 Å². The largest absolute Gasteiger partial charge is 0.508 e. The first-order chi connectivity index (χ1) is 26.1. The van der Waals surface area contributed by atoms with Crippen LogP contribution in [0.5, 0.6) is 5.75 Å². The third kappa shape index (κ3) is 14.1. The van der Waals surface area contributed by atoms with Crippen molar-refractivity contribution >= 4 is 47.3 Å². The molecule has 0 saturated carbocycles. The van der Waals surface area contributed by atoms with E-state index in [1.807, 2.05) is 0 Å². The van der Waals surface area contributed by atoms with Crippen molar-refractivity contribution in [3.8, 4) is 5.75 Å². The van der Waals surface area contributed by atoms with E-state index in [9.17, 15) is 59.4 Å². The Balaban J connectivity index is 1.74. The van der Waals surface area contributed by atoms with Crippen LogP contribution in [-0.2, 0) is 46.3 Å². The molecule has 2 aromatic rings. The lowest BCUT2D eigenvalue weighted by Gasteiger charge is -2.40. The van der Waals surface area contributed by atoms with E-state index in [0.717, 1.165) is 0 Å². The topological polar surface area (TPSA) is 319 Å². The highest BCUT2D eigenvalue weighted by molar-refractivity contribution is 7.98. The van der Waals surface area contributed by atoms with Gasteiger partial charge < -0.3 is 67.7 Å². The number of aromatic hydroxyl groups is 1. The highest BCUT2D eigenvalue weighted by Crippen LogP contribution is 2.20. The molecule has 9 atom stereocenters. The van der Waals surface area contributed by atoms with Crippen LogP contribution in [0.25, 0.3) is 0 Å². The van der Waals surface area contributed by atoms with Gasteiger partial charge in [-0.15, -0.1) is 0 Å². The van der Waals surface area contributed by atoms with Crippen molar-refractivity contribution in [2.75, 3.05) is 25.2 Å². The van der Waals surface area contributed by atoms with Crippen LogP contribution in [0.4, 0.5) is 0 Å². The molecule has 0 spiro atoms. The quantitative estimate of drug-likeness (QED) is 0.0612. The zero-order chi connectivity index (χ0) is 40.7. The van der Waals surface area contributed by atoms with E-state index in [1.54, 1.807) is 36.6 Å². The average molecular weight is 793 g/mol. The van der Waals surface area contributed by atoms with Gasteiger partial charge in [0.05, 0.1) is 25.6 Å². The molecule has 2 aromatic carbocycles. The molecule has 3 rings (SSSR count). The van der Waals surface area contributed by atoms with Crippen LogP contribution in [-0.4, -0.2) is 146 Å². The molecule has 5 amide bonds. The number of rotatable bonds is 20. The number of benzene rings is 2. The Kier molecular flexibility index (Phi) is 17.7. The summed E-state index contributed by atoms with van der Waals surface area (Å²) in [6, 6.07) is 8.96. The Hall–Kier alpha value is -4.83. The van der Waals surface area contributed by atoms with Gasteiger partial charge in [-0.2, -0.15) is 11.8 Å². The Morgan fingerprint density at radius 1 is 0.782 bits per heavy atom. The maximum absolute atomic E-state index is 13.4. The average Bonchev–Trinajstić information content (AvgIpc) is 3.16. The van der Waals surface area contributed by atoms with Crippen LogP contribution >= 0.6 is 11.8 Å². The molecule has 19 nitrogen and oxygen atoms in total. The Morgan fingerprint density at radius 3 is 2.04 bits per heavy atom. The van der Waals surface area contributed by atoms with Crippen LogP contribution in [0.1, 0.15) is 24.0 Å². The molecule has 1 saturated heterocycles. The number of phenols is 1. The third-order valence-corrected chi connectivity index (χ3v) is 9.17. The van der Waals surface area contributed by atoms with Crippen LogP contribution in [0.3, 0.4) is 0 Å². The Morgan fingerprint density at radius 2 is 1.42 bits per heavy atom. The molecule has 0 aromatic heterocycles. The number of carbonyl (C=O) groups excluding carboxylic acids is 5. The molecule has 0 aliphatic carbocycles. The van der Waals surface area contributed by atoms with Gasteiger partial charge in [0.1, 0.15) is 48.3 Å². The van der Waals surface area contributed by atoms with Crippen molar-refractivity contribution in [2.24, 2.45) is 5.73 Å². The van der Waals surface area contributed by atoms with Crippen molar-refractivity contribution in [3.05, 3.63) is 65.7 Å². The molecule has 0 radical (unpaired) electrons. The monoisotopic (exact) mass is 792 g/mol. The predicted octanol–water partition coefficient (Wildman–Crippen LogP) is -3.78. The number of carboxylic acid groups (broad SMARTS) is 1. The molecular weight excluding hydrogens is 744 g/mol. The SMILES string of the molecule is CSCC[C@H](NC(=O)[C@H](Cc1ccccc1)NC(=O)CNC(=O)[C@H](CC(=O)N[C@@H]1O[C@H](CO)[C@@H](O)[C@H](O)[C@H]1O)NC(=O)[C@@H](N)Cc1ccc(O)cc1)C(=O)O. The summed E-state index contributed by atoms with van der Waals surface area (Å²) in [7, 11) is 0. The standard InChI is InChI=1S/C35H48N6O13S/c1-55-12-11-22(35(52)53)39-33(51)23(14-18-5-3-2-4-6-18)38-27(45)16-37-32(50)24(40-31(49)21(36)13-19-7-9-20(43)10-8-19)15-26(44)41-34-30(48)29(47)28(46)25(17-42)54-34/h2-10,21-25,28-30,34,42-43,46-48H,11-17,36H2,1H3,(H,37,50)(H,38,45)(H,39,51)(H,40,49)(H,41,44)(H,52,53)/t21-,22-,23-,24-,25+,28+,29-,30+,34+/m0/s1. The fourth-order valence-corrected chi connectivity index (χ4v) is 5.92. The number of hydrogen-bond donors (Lipinski definition) is 12. The summed E-state index contributed by atoms with van der Waals surface area (Å²) < 4.78 is 5.28. The summed E-state index contributed by atoms with van der Waals surface area (Å²) in [6.07, 6.45) is -7.33. The number of amides is 5. The molecule has 1 fully saturated rings. The summed E-state index contributed by atoms with van der Waals surface area (Å²) >= 11 is 1.39. The van der Waals surface area contributed by atoms with Crippen molar-refractivity contribution in [3.63, 3.8) is 0 Å². The van der Waals surface area contributed by atoms with E-state index in [2.05, 4.69) is 26.6 Å². The number of nitrogens with one attached hydrogen (secondary N) is 5. The number of carboxylic acids is 1. The summed E-state index contributed by atoms with van der Waals surface area (Å²) in [4.78, 5) is 77.8. The minimum absolute atomic E-state index is 0.0180. The number of phenolic OH excluding ortho intramolecular Hbond substituents is 1. The lowest BCUT2D eigenvalue weighted by atomic mass is 9.98. The molecule has 13 N–H and O–H groups in total. The number of ether oxygens (including phenoxy) is 1.